The van der Waals surface area contributed by atoms with Gasteiger partial charge in [-0.15, -0.1) is 0 Å². The van der Waals surface area contributed by atoms with Crippen molar-refractivity contribution >= 4 is 15.9 Å². The van der Waals surface area contributed by atoms with Crippen LogP contribution in [0, 0.1) is 6.92 Å². The Morgan fingerprint density at radius 1 is 1.36 bits per heavy atom. The van der Waals surface area contributed by atoms with Crippen LogP contribution in [0.4, 0.5) is 0 Å². The van der Waals surface area contributed by atoms with Gasteiger partial charge in [-0.2, -0.15) is 9.40 Å². The standard InChI is InChI=1S/C20H28N4O3S/c1-15-7-3-4-12-24(15)28(26,27)19-10-5-8-17(13-19)20(25)21-11-6-9-18-14-22-23-16(18)2/h5,8,10,13-15H,3-4,6-7,9,11-12H2,1-2H3,(H,21,25)(H,22,23). The van der Waals surface area contributed by atoms with Gasteiger partial charge >= 0.3 is 0 Å². The zero-order chi connectivity index (χ0) is 20.1. The van der Waals surface area contributed by atoms with Gasteiger partial charge in [0.25, 0.3) is 5.91 Å². The first-order valence-electron chi connectivity index (χ1n) is 9.78. The van der Waals surface area contributed by atoms with Crippen molar-refractivity contribution in [2.24, 2.45) is 0 Å². The Morgan fingerprint density at radius 2 is 2.18 bits per heavy atom. The molecule has 0 aliphatic carbocycles. The fourth-order valence-corrected chi connectivity index (χ4v) is 5.32. The highest BCUT2D eigenvalue weighted by Crippen LogP contribution is 2.25. The van der Waals surface area contributed by atoms with Crippen molar-refractivity contribution in [1.82, 2.24) is 19.8 Å². The summed E-state index contributed by atoms with van der Waals surface area (Å²) in [7, 11) is -3.58. The number of nitrogens with one attached hydrogen (secondary N) is 2. The van der Waals surface area contributed by atoms with Gasteiger partial charge in [0.15, 0.2) is 0 Å². The molecule has 3 rings (SSSR count). The maximum atomic E-state index is 13.0. The Kier molecular flexibility index (Phi) is 6.51. The molecule has 0 bridgehead atoms. The minimum absolute atomic E-state index is 0.0115. The molecule has 0 radical (unpaired) electrons. The maximum absolute atomic E-state index is 13.0. The van der Waals surface area contributed by atoms with Crippen molar-refractivity contribution in [3.8, 4) is 0 Å². The number of amides is 1. The van der Waals surface area contributed by atoms with Gasteiger partial charge in [-0.1, -0.05) is 12.5 Å². The average molecular weight is 405 g/mol. The summed E-state index contributed by atoms with van der Waals surface area (Å²) in [6.07, 6.45) is 6.20. The number of piperidine rings is 1. The number of aromatic nitrogens is 2. The first kappa shape index (κ1) is 20.5. The van der Waals surface area contributed by atoms with E-state index in [1.807, 2.05) is 13.8 Å². The zero-order valence-electron chi connectivity index (χ0n) is 16.4. The molecule has 28 heavy (non-hydrogen) atoms. The predicted octanol–water partition coefficient (Wildman–Crippen LogP) is 2.64. The summed E-state index contributed by atoms with van der Waals surface area (Å²) >= 11 is 0. The molecule has 2 aromatic rings. The Morgan fingerprint density at radius 3 is 2.89 bits per heavy atom. The molecule has 2 N–H and O–H groups in total. The van der Waals surface area contributed by atoms with Crippen LogP contribution in [0.25, 0.3) is 0 Å². The summed E-state index contributed by atoms with van der Waals surface area (Å²) in [4.78, 5) is 12.6. The monoisotopic (exact) mass is 404 g/mol. The number of benzene rings is 1. The first-order chi connectivity index (χ1) is 13.4. The number of hydrogen-bond donors (Lipinski definition) is 2. The fourth-order valence-electron chi connectivity index (χ4n) is 3.57. The van der Waals surface area contributed by atoms with Crippen LogP contribution in [-0.2, 0) is 16.4 Å². The molecular weight excluding hydrogens is 376 g/mol. The van der Waals surface area contributed by atoms with E-state index in [-0.39, 0.29) is 16.8 Å². The van der Waals surface area contributed by atoms with E-state index in [2.05, 4.69) is 15.5 Å². The molecule has 0 saturated carbocycles. The van der Waals surface area contributed by atoms with Gasteiger partial charge in [0.2, 0.25) is 10.0 Å². The SMILES string of the molecule is Cc1[nH]ncc1CCCNC(=O)c1cccc(S(=O)(=O)N2CCCCC2C)c1. The maximum Gasteiger partial charge on any atom is 0.251 e. The van der Waals surface area contributed by atoms with Gasteiger partial charge in [0, 0.05) is 30.4 Å². The Balaban J connectivity index is 1.62. The molecule has 1 atom stereocenters. The summed E-state index contributed by atoms with van der Waals surface area (Å²) in [6.45, 7) is 4.96. The highest BCUT2D eigenvalue weighted by molar-refractivity contribution is 7.89. The van der Waals surface area contributed by atoms with Gasteiger partial charge in [-0.3, -0.25) is 9.89 Å². The van der Waals surface area contributed by atoms with Crippen molar-refractivity contribution in [2.75, 3.05) is 13.1 Å². The highest BCUT2D eigenvalue weighted by atomic mass is 32.2. The molecule has 1 aromatic carbocycles. The van der Waals surface area contributed by atoms with E-state index in [9.17, 15) is 13.2 Å². The summed E-state index contributed by atoms with van der Waals surface area (Å²) in [5.41, 5.74) is 2.54. The van der Waals surface area contributed by atoms with Crippen molar-refractivity contribution < 1.29 is 13.2 Å². The van der Waals surface area contributed by atoms with E-state index in [1.165, 1.54) is 6.07 Å². The number of carbonyl (C=O) groups is 1. The summed E-state index contributed by atoms with van der Waals surface area (Å²) in [6, 6.07) is 6.31. The molecule has 1 aromatic heterocycles. The molecule has 1 saturated heterocycles. The largest absolute Gasteiger partial charge is 0.352 e. The molecule has 1 amide bonds. The summed E-state index contributed by atoms with van der Waals surface area (Å²) in [5.74, 6) is -0.257. The molecule has 2 heterocycles. The normalized spacial score (nSPS) is 18.1. The smallest absolute Gasteiger partial charge is 0.251 e. The highest BCUT2D eigenvalue weighted by Gasteiger charge is 2.31. The van der Waals surface area contributed by atoms with Crippen LogP contribution in [0.5, 0.6) is 0 Å². The van der Waals surface area contributed by atoms with Crippen molar-refractivity contribution in [2.45, 2.75) is 56.9 Å². The number of rotatable bonds is 7. The number of nitrogens with zero attached hydrogens (tertiary/aromatic N) is 2. The lowest BCUT2D eigenvalue weighted by Crippen LogP contribution is -2.42. The predicted molar refractivity (Wildman–Crippen MR) is 108 cm³/mol. The third-order valence-corrected chi connectivity index (χ3v) is 7.30. The van der Waals surface area contributed by atoms with Crippen LogP contribution < -0.4 is 5.32 Å². The molecule has 0 spiro atoms. The second-order valence-electron chi connectivity index (χ2n) is 7.37. The lowest BCUT2D eigenvalue weighted by atomic mass is 10.1. The van der Waals surface area contributed by atoms with Gasteiger partial charge in [-0.05, 0) is 63.3 Å². The van der Waals surface area contributed by atoms with Crippen molar-refractivity contribution in [1.29, 1.82) is 0 Å². The van der Waals surface area contributed by atoms with E-state index in [4.69, 9.17) is 0 Å². The Hall–Kier alpha value is -2.19. The molecule has 1 aliphatic rings. The van der Waals surface area contributed by atoms with E-state index in [0.717, 1.165) is 43.4 Å². The lowest BCUT2D eigenvalue weighted by Gasteiger charge is -2.32. The Labute approximate surface area is 166 Å². The minimum Gasteiger partial charge on any atom is -0.352 e. The molecule has 1 unspecified atom stereocenters. The summed E-state index contributed by atoms with van der Waals surface area (Å²) < 4.78 is 27.5. The number of aryl methyl sites for hydroxylation is 2. The number of carbonyl (C=O) groups excluding carboxylic acids is 1. The van der Waals surface area contributed by atoms with Crippen molar-refractivity contribution in [3.05, 3.63) is 47.3 Å². The number of hydrogen-bond acceptors (Lipinski definition) is 4. The zero-order valence-corrected chi connectivity index (χ0v) is 17.3. The van der Waals surface area contributed by atoms with Crippen LogP contribution in [0.3, 0.4) is 0 Å². The lowest BCUT2D eigenvalue weighted by molar-refractivity contribution is 0.0953. The number of aromatic amines is 1. The topological polar surface area (TPSA) is 95.2 Å². The Bertz CT molecular complexity index is 923. The molecule has 1 fully saturated rings. The third-order valence-electron chi connectivity index (χ3n) is 5.29. The molecular formula is C20H28N4O3S. The van der Waals surface area contributed by atoms with Crippen LogP contribution in [0.15, 0.2) is 35.4 Å². The van der Waals surface area contributed by atoms with Gasteiger partial charge in [0.1, 0.15) is 0 Å². The quantitative estimate of drug-likeness (QED) is 0.694. The molecule has 152 valence electrons. The molecule has 1 aliphatic heterocycles. The average Bonchev–Trinajstić information content (AvgIpc) is 3.10. The van der Waals surface area contributed by atoms with Crippen LogP contribution in [0.2, 0.25) is 0 Å². The molecule has 8 heteroatoms. The summed E-state index contributed by atoms with van der Waals surface area (Å²) in [5, 5.41) is 9.75. The number of H-pyrrole nitrogens is 1. The number of sulfonamides is 1. The first-order valence-corrected chi connectivity index (χ1v) is 11.2. The minimum atomic E-state index is -3.58. The fraction of sp³-hybridized carbons (Fsp3) is 0.500. The van der Waals surface area contributed by atoms with E-state index in [1.54, 1.807) is 28.7 Å². The van der Waals surface area contributed by atoms with Gasteiger partial charge in [0.05, 0.1) is 11.1 Å². The van der Waals surface area contributed by atoms with E-state index in [0.29, 0.717) is 18.7 Å². The van der Waals surface area contributed by atoms with Crippen LogP contribution >= 0.6 is 0 Å². The van der Waals surface area contributed by atoms with Crippen LogP contribution in [0.1, 0.15) is 54.2 Å². The van der Waals surface area contributed by atoms with E-state index >= 15 is 0 Å². The van der Waals surface area contributed by atoms with Crippen LogP contribution in [-0.4, -0.2) is 48.0 Å². The molecule has 7 nitrogen and oxygen atoms in total. The second-order valence-corrected chi connectivity index (χ2v) is 9.26. The van der Waals surface area contributed by atoms with Gasteiger partial charge in [-0.25, -0.2) is 8.42 Å². The van der Waals surface area contributed by atoms with Crippen molar-refractivity contribution in [3.63, 3.8) is 0 Å². The van der Waals surface area contributed by atoms with Gasteiger partial charge < -0.3 is 5.32 Å². The third kappa shape index (κ3) is 4.62. The van der Waals surface area contributed by atoms with E-state index < -0.39 is 10.0 Å². The second kappa shape index (κ2) is 8.87.